The predicted molar refractivity (Wildman–Crippen MR) is 65.5 cm³/mol. The second-order valence-electron chi connectivity index (χ2n) is 3.86. The van der Waals surface area contributed by atoms with Crippen LogP contribution in [0.1, 0.15) is 16.8 Å². The van der Waals surface area contributed by atoms with E-state index in [4.69, 9.17) is 5.11 Å². The van der Waals surface area contributed by atoms with Crippen molar-refractivity contribution in [1.29, 1.82) is 0 Å². The fourth-order valence-corrected chi connectivity index (χ4v) is 1.57. The Hall–Kier alpha value is -2.31. The van der Waals surface area contributed by atoms with Crippen molar-refractivity contribution in [3.05, 3.63) is 29.7 Å². The summed E-state index contributed by atoms with van der Waals surface area (Å²) in [7, 11) is 0. The van der Waals surface area contributed by atoms with Crippen LogP contribution in [-0.4, -0.2) is 34.3 Å². The highest BCUT2D eigenvalue weighted by Crippen LogP contribution is 2.19. The van der Waals surface area contributed by atoms with Gasteiger partial charge in [0.15, 0.2) is 0 Å². The van der Waals surface area contributed by atoms with Crippen LogP contribution >= 0.6 is 0 Å². The van der Waals surface area contributed by atoms with E-state index >= 15 is 0 Å². The van der Waals surface area contributed by atoms with Crippen LogP contribution in [-0.2, 0) is 0 Å². The Morgan fingerprint density at radius 1 is 1.42 bits per heavy atom. The molecule has 0 atom stereocenters. The van der Waals surface area contributed by atoms with Gasteiger partial charge in [-0.3, -0.25) is 4.39 Å². The van der Waals surface area contributed by atoms with Crippen LogP contribution in [0, 0.1) is 5.82 Å². The molecule has 1 aromatic carbocycles. The van der Waals surface area contributed by atoms with Gasteiger partial charge in [0.05, 0.1) is 23.1 Å². The zero-order valence-electron chi connectivity index (χ0n) is 9.86. The Labute approximate surface area is 107 Å². The maximum Gasteiger partial charge on any atom is 0.335 e. The number of aromatic carboxylic acids is 1. The third-order valence-electron chi connectivity index (χ3n) is 2.49. The molecule has 0 aliphatic heterocycles. The first-order valence-electron chi connectivity index (χ1n) is 5.61. The highest BCUT2D eigenvalue weighted by atomic mass is 19.1. The van der Waals surface area contributed by atoms with Gasteiger partial charge in [-0.1, -0.05) is 0 Å². The van der Waals surface area contributed by atoms with Gasteiger partial charge in [0.1, 0.15) is 5.82 Å². The molecule has 2 aromatic rings. The Bertz CT molecular complexity index is 619. The van der Waals surface area contributed by atoms with Crippen molar-refractivity contribution in [3.8, 4) is 0 Å². The van der Waals surface area contributed by atoms with Crippen LogP contribution in [0.15, 0.2) is 18.3 Å². The first-order valence-corrected chi connectivity index (χ1v) is 5.61. The first kappa shape index (κ1) is 13.1. The molecule has 19 heavy (non-hydrogen) atoms. The number of carboxylic acids is 1. The number of nitrogens with zero attached hydrogens (tertiary/aromatic N) is 2. The van der Waals surface area contributed by atoms with E-state index in [0.717, 1.165) is 6.07 Å². The number of carbonyl (C=O) groups is 1. The predicted octanol–water partition coefficient (Wildman–Crippen LogP) is 2.24. The van der Waals surface area contributed by atoms with Gasteiger partial charge in [0.2, 0.25) is 5.95 Å². The summed E-state index contributed by atoms with van der Waals surface area (Å²) in [5.41, 5.74) is 0.00792. The Morgan fingerprint density at radius 3 is 2.89 bits per heavy atom. The van der Waals surface area contributed by atoms with Crippen LogP contribution in [0.3, 0.4) is 0 Å². The van der Waals surface area contributed by atoms with Crippen LogP contribution in [0.4, 0.5) is 14.7 Å². The standard InChI is InChI=1S/C12H11F2N3O2/c13-2-1-3-15-12-16-6-8-9(14)4-7(11(18)19)5-10(8)17-12/h4-6H,1-3H2,(H,18,19)(H,15,16,17). The Balaban J connectivity index is 2.37. The summed E-state index contributed by atoms with van der Waals surface area (Å²) in [6.45, 7) is -0.110. The Kier molecular flexibility index (Phi) is 3.84. The van der Waals surface area contributed by atoms with Gasteiger partial charge in [-0.2, -0.15) is 0 Å². The van der Waals surface area contributed by atoms with E-state index in [1.807, 2.05) is 0 Å². The molecule has 0 saturated carbocycles. The first-order chi connectivity index (χ1) is 9.11. The van der Waals surface area contributed by atoms with E-state index in [1.54, 1.807) is 0 Å². The highest BCUT2D eigenvalue weighted by molar-refractivity contribution is 5.93. The van der Waals surface area contributed by atoms with E-state index in [9.17, 15) is 13.6 Å². The van der Waals surface area contributed by atoms with Crippen molar-refractivity contribution < 1.29 is 18.7 Å². The fourth-order valence-electron chi connectivity index (χ4n) is 1.57. The van der Waals surface area contributed by atoms with Gasteiger partial charge in [-0.25, -0.2) is 19.2 Å². The van der Waals surface area contributed by atoms with Gasteiger partial charge in [0.25, 0.3) is 0 Å². The molecule has 0 amide bonds. The molecule has 2 N–H and O–H groups in total. The van der Waals surface area contributed by atoms with Crippen molar-refractivity contribution >= 4 is 22.8 Å². The largest absolute Gasteiger partial charge is 0.478 e. The number of halogens is 2. The lowest BCUT2D eigenvalue weighted by molar-refractivity contribution is 0.0696. The van der Waals surface area contributed by atoms with E-state index < -0.39 is 18.5 Å². The number of nitrogens with one attached hydrogen (secondary N) is 1. The number of carboxylic acid groups (broad SMARTS) is 1. The molecule has 0 bridgehead atoms. The maximum atomic E-state index is 13.6. The quantitative estimate of drug-likeness (QED) is 0.812. The van der Waals surface area contributed by atoms with Gasteiger partial charge < -0.3 is 10.4 Å². The molecular formula is C12H11F2N3O2. The van der Waals surface area contributed by atoms with Crippen molar-refractivity contribution in [2.24, 2.45) is 0 Å². The van der Waals surface area contributed by atoms with E-state index in [0.29, 0.717) is 13.0 Å². The fraction of sp³-hybridized carbons (Fsp3) is 0.250. The average molecular weight is 267 g/mol. The molecule has 2 rings (SSSR count). The molecular weight excluding hydrogens is 256 g/mol. The number of aromatic nitrogens is 2. The zero-order valence-corrected chi connectivity index (χ0v) is 9.86. The summed E-state index contributed by atoms with van der Waals surface area (Å²) < 4.78 is 25.6. The molecule has 5 nitrogen and oxygen atoms in total. The number of fused-ring (bicyclic) bond motifs is 1. The number of anilines is 1. The summed E-state index contributed by atoms with van der Waals surface area (Å²) in [6.07, 6.45) is 1.58. The normalized spacial score (nSPS) is 10.6. The maximum absolute atomic E-state index is 13.6. The topological polar surface area (TPSA) is 75.1 Å². The lowest BCUT2D eigenvalue weighted by atomic mass is 10.1. The molecule has 7 heteroatoms. The van der Waals surface area contributed by atoms with Gasteiger partial charge in [0, 0.05) is 12.7 Å². The van der Waals surface area contributed by atoms with Crippen molar-refractivity contribution in [3.63, 3.8) is 0 Å². The third-order valence-corrected chi connectivity index (χ3v) is 2.49. The summed E-state index contributed by atoms with van der Waals surface area (Å²) >= 11 is 0. The molecule has 100 valence electrons. The molecule has 0 unspecified atom stereocenters. The smallest absolute Gasteiger partial charge is 0.335 e. The molecule has 0 radical (unpaired) electrons. The second kappa shape index (κ2) is 5.55. The number of alkyl halides is 1. The minimum Gasteiger partial charge on any atom is -0.478 e. The van der Waals surface area contributed by atoms with Gasteiger partial charge in [-0.05, 0) is 18.6 Å². The van der Waals surface area contributed by atoms with E-state index in [-0.39, 0.29) is 22.4 Å². The van der Waals surface area contributed by atoms with E-state index in [1.165, 1.54) is 12.3 Å². The number of rotatable bonds is 5. The second-order valence-corrected chi connectivity index (χ2v) is 3.86. The van der Waals surface area contributed by atoms with Crippen LogP contribution in [0.2, 0.25) is 0 Å². The molecule has 0 saturated heterocycles. The van der Waals surface area contributed by atoms with Crippen molar-refractivity contribution in [1.82, 2.24) is 9.97 Å². The third kappa shape index (κ3) is 2.93. The monoisotopic (exact) mass is 267 g/mol. The SMILES string of the molecule is O=C(O)c1cc(F)c2cnc(NCCCF)nc2c1. The molecule has 0 spiro atoms. The summed E-state index contributed by atoms with van der Waals surface area (Å²) in [5, 5.41) is 11.8. The minimum absolute atomic E-state index is 0.140. The summed E-state index contributed by atoms with van der Waals surface area (Å²) in [6, 6.07) is 2.19. The van der Waals surface area contributed by atoms with Crippen LogP contribution < -0.4 is 5.32 Å². The molecule has 0 aliphatic carbocycles. The average Bonchev–Trinajstić information content (AvgIpc) is 2.38. The molecule has 1 heterocycles. The number of benzene rings is 1. The molecule has 0 fully saturated rings. The highest BCUT2D eigenvalue weighted by Gasteiger charge is 2.11. The van der Waals surface area contributed by atoms with Crippen LogP contribution in [0.25, 0.3) is 10.9 Å². The molecule has 0 aliphatic rings. The summed E-state index contributed by atoms with van der Waals surface area (Å²) in [4.78, 5) is 18.7. The van der Waals surface area contributed by atoms with E-state index in [2.05, 4.69) is 15.3 Å². The zero-order chi connectivity index (χ0) is 13.8. The lowest BCUT2D eigenvalue weighted by Gasteiger charge is -2.05. The summed E-state index contributed by atoms with van der Waals surface area (Å²) in [5.74, 6) is -1.71. The Morgan fingerprint density at radius 2 is 2.21 bits per heavy atom. The number of hydrogen-bond acceptors (Lipinski definition) is 4. The molecule has 1 aromatic heterocycles. The van der Waals surface area contributed by atoms with Crippen molar-refractivity contribution in [2.45, 2.75) is 6.42 Å². The van der Waals surface area contributed by atoms with Gasteiger partial charge >= 0.3 is 5.97 Å². The van der Waals surface area contributed by atoms with Crippen LogP contribution in [0.5, 0.6) is 0 Å². The minimum atomic E-state index is -1.23. The van der Waals surface area contributed by atoms with Crippen molar-refractivity contribution in [2.75, 3.05) is 18.5 Å². The lowest BCUT2D eigenvalue weighted by Crippen LogP contribution is -2.06. The number of hydrogen-bond donors (Lipinski definition) is 2. The van der Waals surface area contributed by atoms with Gasteiger partial charge in [-0.15, -0.1) is 0 Å².